The van der Waals surface area contributed by atoms with Crippen LogP contribution in [0.1, 0.15) is 40.5 Å². The molecule has 0 unspecified atom stereocenters. The summed E-state index contributed by atoms with van der Waals surface area (Å²) in [5, 5.41) is 5.87. The van der Waals surface area contributed by atoms with Crippen LogP contribution in [0.3, 0.4) is 0 Å². The zero-order valence-electron chi connectivity index (χ0n) is 10.8. The van der Waals surface area contributed by atoms with Gasteiger partial charge in [0.2, 0.25) is 5.91 Å². The van der Waals surface area contributed by atoms with Crippen LogP contribution in [0, 0.1) is 5.92 Å². The maximum absolute atomic E-state index is 11.3. The monoisotopic (exact) mass is 228 g/mol. The summed E-state index contributed by atoms with van der Waals surface area (Å²) in [6, 6.07) is 0.450. The van der Waals surface area contributed by atoms with Crippen molar-refractivity contribution in [3.05, 3.63) is 0 Å². The summed E-state index contributed by atoms with van der Waals surface area (Å²) < 4.78 is 0. The van der Waals surface area contributed by atoms with E-state index >= 15 is 0 Å². The highest BCUT2D eigenvalue weighted by Gasteiger charge is 2.08. The predicted octanol–water partition coefficient (Wildman–Crippen LogP) is 1.11. The lowest BCUT2D eigenvalue weighted by Crippen LogP contribution is -2.32. The Morgan fingerprint density at radius 3 is 2.25 bits per heavy atom. The van der Waals surface area contributed by atoms with Gasteiger partial charge in [-0.2, -0.15) is 0 Å². The highest BCUT2D eigenvalue weighted by atomic mass is 16.2. The Hall–Kier alpha value is -0.900. The van der Waals surface area contributed by atoms with Crippen molar-refractivity contribution in [2.24, 2.45) is 5.92 Å². The van der Waals surface area contributed by atoms with Gasteiger partial charge in [-0.1, -0.05) is 27.7 Å². The standard InChI is InChI=1S/C12H24N2O2/c1-9(2)11(15)8-14-12(16)6-5-7-13-10(3)4/h9-10,13H,5-8H2,1-4H3,(H,14,16). The van der Waals surface area contributed by atoms with E-state index in [1.807, 2.05) is 13.8 Å². The molecule has 0 aliphatic carbocycles. The van der Waals surface area contributed by atoms with Crippen LogP contribution in [-0.4, -0.2) is 30.8 Å². The topological polar surface area (TPSA) is 58.2 Å². The number of amides is 1. The summed E-state index contributed by atoms with van der Waals surface area (Å²) in [5.41, 5.74) is 0. The molecule has 0 heterocycles. The van der Waals surface area contributed by atoms with Crippen molar-refractivity contribution in [3.63, 3.8) is 0 Å². The van der Waals surface area contributed by atoms with E-state index in [9.17, 15) is 9.59 Å². The molecular formula is C12H24N2O2. The van der Waals surface area contributed by atoms with E-state index in [2.05, 4.69) is 24.5 Å². The molecule has 0 saturated heterocycles. The van der Waals surface area contributed by atoms with Crippen molar-refractivity contribution >= 4 is 11.7 Å². The molecule has 0 atom stereocenters. The first-order chi connectivity index (χ1) is 7.43. The summed E-state index contributed by atoms with van der Waals surface area (Å²) in [6.45, 7) is 8.81. The zero-order chi connectivity index (χ0) is 12.6. The van der Waals surface area contributed by atoms with Gasteiger partial charge in [-0.25, -0.2) is 0 Å². The smallest absolute Gasteiger partial charge is 0.220 e. The van der Waals surface area contributed by atoms with E-state index in [-0.39, 0.29) is 24.2 Å². The fraction of sp³-hybridized carbons (Fsp3) is 0.833. The maximum atomic E-state index is 11.3. The molecule has 0 spiro atoms. The van der Waals surface area contributed by atoms with Crippen molar-refractivity contribution in [1.29, 1.82) is 0 Å². The average Bonchev–Trinajstić information content (AvgIpc) is 2.20. The van der Waals surface area contributed by atoms with Gasteiger partial charge in [-0.15, -0.1) is 0 Å². The minimum absolute atomic E-state index is 0.0112. The van der Waals surface area contributed by atoms with Crippen LogP contribution in [0.4, 0.5) is 0 Å². The summed E-state index contributed by atoms with van der Waals surface area (Å²) in [6.07, 6.45) is 1.28. The third kappa shape index (κ3) is 8.41. The van der Waals surface area contributed by atoms with Gasteiger partial charge in [0, 0.05) is 18.4 Å². The zero-order valence-corrected chi connectivity index (χ0v) is 10.8. The van der Waals surface area contributed by atoms with Crippen LogP contribution in [0.5, 0.6) is 0 Å². The van der Waals surface area contributed by atoms with Crippen LogP contribution < -0.4 is 10.6 Å². The largest absolute Gasteiger partial charge is 0.349 e. The van der Waals surface area contributed by atoms with Crippen LogP contribution >= 0.6 is 0 Å². The molecule has 0 aliphatic heterocycles. The molecule has 0 saturated carbocycles. The minimum Gasteiger partial charge on any atom is -0.349 e. The molecular weight excluding hydrogens is 204 g/mol. The second-order valence-corrected chi connectivity index (χ2v) is 4.61. The number of nitrogens with one attached hydrogen (secondary N) is 2. The molecule has 0 radical (unpaired) electrons. The van der Waals surface area contributed by atoms with Gasteiger partial charge >= 0.3 is 0 Å². The SMILES string of the molecule is CC(C)NCCCC(=O)NCC(=O)C(C)C. The Balaban J connectivity index is 3.49. The predicted molar refractivity (Wildman–Crippen MR) is 65.2 cm³/mol. The third-order valence-electron chi connectivity index (χ3n) is 2.24. The number of ketones is 1. The van der Waals surface area contributed by atoms with Gasteiger partial charge in [-0.05, 0) is 13.0 Å². The fourth-order valence-electron chi connectivity index (χ4n) is 1.12. The molecule has 0 fully saturated rings. The van der Waals surface area contributed by atoms with Crippen molar-refractivity contribution in [2.75, 3.05) is 13.1 Å². The molecule has 94 valence electrons. The van der Waals surface area contributed by atoms with E-state index in [4.69, 9.17) is 0 Å². The van der Waals surface area contributed by atoms with E-state index in [1.54, 1.807) is 0 Å². The molecule has 0 aromatic carbocycles. The first-order valence-corrected chi connectivity index (χ1v) is 5.96. The van der Waals surface area contributed by atoms with E-state index in [1.165, 1.54) is 0 Å². The summed E-state index contributed by atoms with van der Waals surface area (Å²) in [5.74, 6) is 0.0242. The van der Waals surface area contributed by atoms with Crippen LogP contribution in [0.15, 0.2) is 0 Å². The van der Waals surface area contributed by atoms with Crippen molar-refractivity contribution < 1.29 is 9.59 Å². The van der Waals surface area contributed by atoms with Crippen molar-refractivity contribution in [3.8, 4) is 0 Å². The van der Waals surface area contributed by atoms with Crippen LogP contribution in [-0.2, 0) is 9.59 Å². The highest BCUT2D eigenvalue weighted by Crippen LogP contribution is 1.93. The molecule has 0 aromatic heterocycles. The van der Waals surface area contributed by atoms with Gasteiger partial charge in [0.1, 0.15) is 0 Å². The number of carbonyl (C=O) groups excluding carboxylic acids is 2. The number of rotatable bonds is 8. The van der Waals surface area contributed by atoms with Crippen LogP contribution in [0.25, 0.3) is 0 Å². The highest BCUT2D eigenvalue weighted by molar-refractivity contribution is 5.87. The summed E-state index contributed by atoms with van der Waals surface area (Å²) >= 11 is 0. The van der Waals surface area contributed by atoms with Gasteiger partial charge in [0.25, 0.3) is 0 Å². The lowest BCUT2D eigenvalue weighted by molar-refractivity contribution is -0.126. The molecule has 16 heavy (non-hydrogen) atoms. The first kappa shape index (κ1) is 15.1. The van der Waals surface area contributed by atoms with Gasteiger partial charge < -0.3 is 10.6 Å². The molecule has 0 bridgehead atoms. The lowest BCUT2D eigenvalue weighted by Gasteiger charge is -2.08. The molecule has 4 nitrogen and oxygen atoms in total. The lowest BCUT2D eigenvalue weighted by atomic mass is 10.1. The second kappa shape index (κ2) is 8.28. The molecule has 1 amide bonds. The van der Waals surface area contributed by atoms with Crippen molar-refractivity contribution in [2.45, 2.75) is 46.6 Å². The Morgan fingerprint density at radius 2 is 1.75 bits per heavy atom. The quantitative estimate of drug-likeness (QED) is 0.612. The Kier molecular flexibility index (Phi) is 7.81. The average molecular weight is 228 g/mol. The second-order valence-electron chi connectivity index (χ2n) is 4.61. The molecule has 0 aliphatic rings. The molecule has 4 heteroatoms. The van der Waals surface area contributed by atoms with Gasteiger partial charge in [-0.3, -0.25) is 9.59 Å². The van der Waals surface area contributed by atoms with E-state index in [0.717, 1.165) is 13.0 Å². The van der Waals surface area contributed by atoms with Gasteiger partial charge in [0.15, 0.2) is 5.78 Å². The maximum Gasteiger partial charge on any atom is 0.220 e. The number of carbonyl (C=O) groups is 2. The fourth-order valence-corrected chi connectivity index (χ4v) is 1.12. The third-order valence-corrected chi connectivity index (χ3v) is 2.24. The molecule has 0 rings (SSSR count). The van der Waals surface area contributed by atoms with Gasteiger partial charge in [0.05, 0.1) is 6.54 Å². The summed E-state index contributed by atoms with van der Waals surface area (Å²) in [4.78, 5) is 22.6. The van der Waals surface area contributed by atoms with E-state index in [0.29, 0.717) is 12.5 Å². The summed E-state index contributed by atoms with van der Waals surface area (Å²) in [7, 11) is 0. The van der Waals surface area contributed by atoms with Crippen molar-refractivity contribution in [1.82, 2.24) is 10.6 Å². The number of Topliss-reactive ketones (excluding diaryl/α,β-unsaturated/α-hetero) is 1. The molecule has 2 N–H and O–H groups in total. The Labute approximate surface area is 98.2 Å². The number of hydrogen-bond acceptors (Lipinski definition) is 3. The number of hydrogen-bond donors (Lipinski definition) is 2. The minimum atomic E-state index is -0.0421. The normalized spacial score (nSPS) is 10.9. The first-order valence-electron chi connectivity index (χ1n) is 5.96. The Bertz CT molecular complexity index is 225. The Morgan fingerprint density at radius 1 is 1.12 bits per heavy atom. The van der Waals surface area contributed by atoms with E-state index < -0.39 is 0 Å². The molecule has 0 aromatic rings. The van der Waals surface area contributed by atoms with Crippen LogP contribution in [0.2, 0.25) is 0 Å².